The van der Waals surface area contributed by atoms with E-state index in [-0.39, 0.29) is 30.0 Å². The van der Waals surface area contributed by atoms with Crippen molar-refractivity contribution in [1.29, 1.82) is 0 Å². The van der Waals surface area contributed by atoms with Crippen molar-refractivity contribution < 1.29 is 63.9 Å². The smallest absolute Gasteiger partial charge is 0.331 e. The fraction of sp³-hybridized carbons (Fsp3) is 0.861. The summed E-state index contributed by atoms with van der Waals surface area (Å²) in [5.41, 5.74) is 0.749. The second-order valence-corrected chi connectivity index (χ2v) is 16.1. The van der Waals surface area contributed by atoms with Crippen LogP contribution in [-0.2, 0) is 33.2 Å². The molecule has 5 fully saturated rings. The highest BCUT2D eigenvalue weighted by Crippen LogP contribution is 2.68. The Labute approximate surface area is 287 Å². The van der Waals surface area contributed by atoms with E-state index >= 15 is 0 Å². The van der Waals surface area contributed by atoms with E-state index in [9.17, 15) is 35.4 Å². The maximum atomic E-state index is 12.5. The second kappa shape index (κ2) is 13.2. The average Bonchev–Trinajstić information content (AvgIpc) is 3.62. The zero-order valence-corrected chi connectivity index (χ0v) is 28.8. The number of fused-ring (bicyclic) bond motifs is 5. The lowest BCUT2D eigenvalue weighted by Gasteiger charge is -2.63. The summed E-state index contributed by atoms with van der Waals surface area (Å²) in [4.78, 5) is 11.9. The Morgan fingerprint density at radius 3 is 2.35 bits per heavy atom. The first-order valence-corrected chi connectivity index (χ1v) is 18.0. The third kappa shape index (κ3) is 5.67. The number of carbonyl (C=O) groups excluding carboxylic acids is 1. The van der Waals surface area contributed by atoms with Gasteiger partial charge in [-0.25, -0.2) is 4.79 Å². The summed E-state index contributed by atoms with van der Waals surface area (Å²) in [5, 5.41) is 64.3. The Balaban J connectivity index is 0.991. The van der Waals surface area contributed by atoms with Gasteiger partial charge in [0.2, 0.25) is 0 Å². The van der Waals surface area contributed by atoms with Gasteiger partial charge in [0.05, 0.1) is 24.4 Å². The zero-order valence-electron chi connectivity index (χ0n) is 28.8. The van der Waals surface area contributed by atoms with Crippen molar-refractivity contribution in [1.82, 2.24) is 0 Å². The molecule has 0 aromatic rings. The van der Waals surface area contributed by atoms with Crippen LogP contribution in [0.3, 0.4) is 0 Å². The molecule has 3 saturated carbocycles. The molecule has 0 aromatic heterocycles. The molecule has 49 heavy (non-hydrogen) atoms. The van der Waals surface area contributed by atoms with E-state index in [1.54, 1.807) is 13.0 Å². The molecule has 0 aromatic carbocycles. The van der Waals surface area contributed by atoms with Gasteiger partial charge in [-0.3, -0.25) is 0 Å². The van der Waals surface area contributed by atoms with Gasteiger partial charge in [-0.15, -0.1) is 0 Å². The predicted molar refractivity (Wildman–Crippen MR) is 170 cm³/mol. The van der Waals surface area contributed by atoms with Crippen LogP contribution in [0, 0.1) is 28.6 Å². The van der Waals surface area contributed by atoms with E-state index in [1.165, 1.54) is 7.11 Å². The Kier molecular flexibility index (Phi) is 9.65. The molecule has 0 spiro atoms. The lowest BCUT2D eigenvalue weighted by atomic mass is 9.43. The molecule has 3 aliphatic heterocycles. The summed E-state index contributed by atoms with van der Waals surface area (Å²) >= 11 is 0. The van der Waals surface area contributed by atoms with Gasteiger partial charge in [0, 0.05) is 24.2 Å². The summed E-state index contributed by atoms with van der Waals surface area (Å²) in [6.45, 7) is 5.99. The molecule has 0 bridgehead atoms. The van der Waals surface area contributed by atoms with Gasteiger partial charge in [0.25, 0.3) is 0 Å². The van der Waals surface area contributed by atoms with Gasteiger partial charge in [-0.05, 0) is 87.0 Å². The highest BCUT2D eigenvalue weighted by molar-refractivity contribution is 5.86. The molecule has 0 radical (unpaired) electrons. The molecule has 7 aliphatic rings. The number of esters is 1. The Morgan fingerprint density at radius 1 is 0.898 bits per heavy atom. The summed E-state index contributed by atoms with van der Waals surface area (Å²) < 4.78 is 35.0. The van der Waals surface area contributed by atoms with Crippen molar-refractivity contribution >= 4 is 5.97 Å². The molecule has 17 atom stereocenters. The molecule has 276 valence electrons. The summed E-state index contributed by atoms with van der Waals surface area (Å²) in [6, 6.07) is 0. The van der Waals surface area contributed by atoms with Crippen LogP contribution in [-0.4, -0.2) is 130 Å². The van der Waals surface area contributed by atoms with Gasteiger partial charge in [-0.2, -0.15) is 0 Å². The zero-order chi connectivity index (χ0) is 35.0. The topological polar surface area (TPSA) is 194 Å². The molecule has 0 unspecified atom stereocenters. The maximum Gasteiger partial charge on any atom is 0.331 e. The third-order valence-corrected chi connectivity index (χ3v) is 13.9. The predicted octanol–water partition coefficient (Wildman–Crippen LogP) is 0.855. The van der Waals surface area contributed by atoms with E-state index in [2.05, 4.69) is 19.9 Å². The number of hydrogen-bond donors (Lipinski definition) is 6. The van der Waals surface area contributed by atoms with Crippen molar-refractivity contribution in [3.8, 4) is 0 Å². The van der Waals surface area contributed by atoms with Gasteiger partial charge in [0.1, 0.15) is 49.3 Å². The van der Waals surface area contributed by atoms with Crippen LogP contribution in [0.15, 0.2) is 23.3 Å². The minimum Gasteiger partial charge on any atom is -0.458 e. The van der Waals surface area contributed by atoms with Crippen molar-refractivity contribution in [2.24, 2.45) is 28.6 Å². The quantitative estimate of drug-likeness (QED) is 0.163. The minimum atomic E-state index is -1.60. The van der Waals surface area contributed by atoms with E-state index in [4.69, 9.17) is 28.4 Å². The molecule has 4 aliphatic carbocycles. The number of cyclic esters (lactones) is 1. The fourth-order valence-electron chi connectivity index (χ4n) is 11.0. The third-order valence-electron chi connectivity index (χ3n) is 13.9. The van der Waals surface area contributed by atoms with Crippen molar-refractivity contribution in [2.45, 2.75) is 145 Å². The number of ether oxygens (including phenoxy) is 6. The molecular formula is C36H54O13. The minimum absolute atomic E-state index is 0.0347. The van der Waals surface area contributed by atoms with Gasteiger partial charge >= 0.3 is 5.97 Å². The Morgan fingerprint density at radius 2 is 1.65 bits per heavy atom. The lowest BCUT2D eigenvalue weighted by molar-refractivity contribution is -0.362. The van der Waals surface area contributed by atoms with Gasteiger partial charge in [0.15, 0.2) is 12.6 Å². The molecule has 7 rings (SSSR count). The number of aliphatic hydroxyl groups is 6. The Hall–Kier alpha value is -1.49. The van der Waals surface area contributed by atoms with Crippen LogP contribution in [0.1, 0.15) is 72.1 Å². The molecular weight excluding hydrogens is 640 g/mol. The van der Waals surface area contributed by atoms with E-state index in [1.807, 2.05) is 0 Å². The average molecular weight is 695 g/mol. The molecule has 6 N–H and O–H groups in total. The van der Waals surface area contributed by atoms with Crippen molar-refractivity contribution in [2.75, 3.05) is 20.3 Å². The molecule has 13 nitrogen and oxygen atoms in total. The molecule has 0 amide bonds. The van der Waals surface area contributed by atoms with Crippen LogP contribution in [0.4, 0.5) is 0 Å². The largest absolute Gasteiger partial charge is 0.458 e. The number of methoxy groups -OCH3 is 1. The van der Waals surface area contributed by atoms with Crippen LogP contribution >= 0.6 is 0 Å². The highest BCUT2D eigenvalue weighted by atomic mass is 16.7. The monoisotopic (exact) mass is 694 g/mol. The number of hydrogen-bond acceptors (Lipinski definition) is 13. The van der Waals surface area contributed by atoms with Crippen LogP contribution in [0.2, 0.25) is 0 Å². The fourth-order valence-corrected chi connectivity index (χ4v) is 11.0. The van der Waals surface area contributed by atoms with E-state index in [0.717, 1.165) is 56.1 Å². The van der Waals surface area contributed by atoms with Crippen molar-refractivity contribution in [3.05, 3.63) is 23.3 Å². The SMILES string of the molecule is CO[C@H]1[C@@H](O)[C@H](O[C@H]2CC[C@@]3(C)[C@H](CC[C@@H]4[C@@H]3CC[C@]3(C)C(C5=CC(=O)OC5)=CC[C@]43O)C2)O[C@@H](C)[C@@H]1O[C@@H]1O[C@H](CO)[C@@H](O)[C@H](O)[C@H]1O. The first-order valence-electron chi connectivity index (χ1n) is 18.0. The Bertz CT molecular complexity index is 1320. The number of aliphatic hydroxyl groups excluding tert-OH is 5. The van der Waals surface area contributed by atoms with Crippen molar-refractivity contribution in [3.63, 3.8) is 0 Å². The first kappa shape index (κ1) is 35.9. The molecule has 2 saturated heterocycles. The highest BCUT2D eigenvalue weighted by Gasteiger charge is 2.66. The first-order chi connectivity index (χ1) is 23.3. The van der Waals surface area contributed by atoms with E-state index < -0.39 is 79.0 Å². The number of carbonyl (C=O) groups is 1. The summed E-state index contributed by atoms with van der Waals surface area (Å²) in [6.07, 6.45) is -1.52. The normalized spacial score (nSPS) is 52.8. The standard InChI is InChI=1S/C36H54O13/c1-17-30(49-32-28(41)27(40)26(39)24(15-37)48-32)31(44-4)29(42)33(46-17)47-20-7-10-34(2)19(14-20)5-6-23-22(34)8-11-35(3)21(9-12-36(23,35)43)18-13-25(38)45-16-18/h9,13,17,19-20,22-24,26-33,37,39-43H,5-8,10-12,14-16H2,1-4H3/t17-,19+,20-,22-,23+,24+,26+,27-,28+,29+,30-,31-,32-,33-,34-,35+,36-/m0/s1. The second-order valence-electron chi connectivity index (χ2n) is 16.1. The van der Waals surface area contributed by atoms with E-state index in [0.29, 0.717) is 18.3 Å². The molecule has 13 heteroatoms. The van der Waals surface area contributed by atoms with Gasteiger partial charge < -0.3 is 59.1 Å². The van der Waals surface area contributed by atoms with Crippen LogP contribution in [0.25, 0.3) is 0 Å². The van der Waals surface area contributed by atoms with Gasteiger partial charge in [-0.1, -0.05) is 19.9 Å². The molecule has 3 heterocycles. The van der Waals surface area contributed by atoms with Crippen LogP contribution in [0.5, 0.6) is 0 Å². The maximum absolute atomic E-state index is 12.5. The van der Waals surface area contributed by atoms with Crippen LogP contribution < -0.4 is 0 Å². The number of rotatable bonds is 7. The summed E-state index contributed by atoms with van der Waals surface area (Å²) in [7, 11) is 1.43. The lowest BCUT2D eigenvalue weighted by Crippen LogP contribution is -2.64. The summed E-state index contributed by atoms with van der Waals surface area (Å²) in [5.74, 6) is 0.597.